The van der Waals surface area contributed by atoms with E-state index in [0.29, 0.717) is 40.4 Å². The predicted molar refractivity (Wildman–Crippen MR) is 128 cm³/mol. The Balaban J connectivity index is 1.67. The van der Waals surface area contributed by atoms with Crippen molar-refractivity contribution in [2.24, 2.45) is 0 Å². The van der Waals surface area contributed by atoms with Gasteiger partial charge in [0.15, 0.2) is 0 Å². The molecule has 174 valence electrons. The molecule has 0 radical (unpaired) electrons. The third kappa shape index (κ3) is 5.59. The van der Waals surface area contributed by atoms with Crippen LogP contribution in [0.3, 0.4) is 0 Å². The van der Waals surface area contributed by atoms with E-state index in [9.17, 15) is 14.0 Å². The quantitative estimate of drug-likeness (QED) is 0.391. The number of amides is 2. The maximum absolute atomic E-state index is 13.3. The van der Waals surface area contributed by atoms with Crippen LogP contribution in [0, 0.1) is 5.82 Å². The number of imidazole rings is 1. The second kappa shape index (κ2) is 10.5. The molecule has 1 aromatic heterocycles. The summed E-state index contributed by atoms with van der Waals surface area (Å²) in [5.41, 5.74) is 3.65. The van der Waals surface area contributed by atoms with Crippen LogP contribution in [0.4, 0.5) is 10.1 Å². The Bertz CT molecular complexity index is 1320. The second-order valence-corrected chi connectivity index (χ2v) is 8.12. The number of anilines is 1. The van der Waals surface area contributed by atoms with Crippen LogP contribution in [0.1, 0.15) is 21.5 Å². The van der Waals surface area contributed by atoms with Gasteiger partial charge in [-0.15, -0.1) is 0 Å². The lowest BCUT2D eigenvalue weighted by atomic mass is 10.1. The molecular weight excluding hydrogens is 459 g/mol. The first-order valence-electron chi connectivity index (χ1n) is 10.5. The Morgan fingerprint density at radius 3 is 2.47 bits per heavy atom. The predicted octanol–water partition coefficient (Wildman–Crippen LogP) is 4.39. The zero-order valence-electron chi connectivity index (χ0n) is 18.3. The molecule has 7 nitrogen and oxygen atoms in total. The summed E-state index contributed by atoms with van der Waals surface area (Å²) in [7, 11) is 1.43. The zero-order chi connectivity index (χ0) is 24.1. The molecule has 4 aromatic rings. The highest BCUT2D eigenvalue weighted by molar-refractivity contribution is 6.30. The van der Waals surface area contributed by atoms with E-state index < -0.39 is 0 Å². The van der Waals surface area contributed by atoms with Crippen molar-refractivity contribution in [3.05, 3.63) is 94.5 Å². The van der Waals surface area contributed by atoms with E-state index in [0.717, 1.165) is 11.1 Å². The number of nitrogens with one attached hydrogen (secondary N) is 2. The van der Waals surface area contributed by atoms with Gasteiger partial charge < -0.3 is 19.9 Å². The molecule has 2 amide bonds. The van der Waals surface area contributed by atoms with Gasteiger partial charge in [-0.2, -0.15) is 0 Å². The maximum Gasteiger partial charge on any atom is 0.253 e. The smallest absolute Gasteiger partial charge is 0.253 e. The molecule has 4 rings (SSSR count). The molecule has 0 atom stereocenters. The zero-order valence-corrected chi connectivity index (χ0v) is 19.1. The van der Waals surface area contributed by atoms with E-state index in [1.807, 2.05) is 16.7 Å². The molecule has 0 saturated carbocycles. The first kappa shape index (κ1) is 23.4. The highest BCUT2D eigenvalue weighted by Gasteiger charge is 2.18. The average Bonchev–Trinajstić information content (AvgIpc) is 3.22. The molecule has 1 heterocycles. The number of methoxy groups -OCH3 is 1. The van der Waals surface area contributed by atoms with Crippen LogP contribution in [0.25, 0.3) is 11.0 Å². The minimum absolute atomic E-state index is 0.116. The van der Waals surface area contributed by atoms with Crippen molar-refractivity contribution in [2.45, 2.75) is 13.1 Å². The van der Waals surface area contributed by atoms with Gasteiger partial charge in [0.2, 0.25) is 5.91 Å². The number of aromatic nitrogens is 2. The minimum Gasteiger partial charge on any atom is -0.375 e. The highest BCUT2D eigenvalue weighted by atomic mass is 35.5. The van der Waals surface area contributed by atoms with Gasteiger partial charge >= 0.3 is 0 Å². The summed E-state index contributed by atoms with van der Waals surface area (Å²) in [5, 5.41) is 6.25. The van der Waals surface area contributed by atoms with Crippen molar-refractivity contribution in [1.29, 1.82) is 0 Å². The number of hydrogen-bond donors (Lipinski definition) is 2. The maximum atomic E-state index is 13.3. The van der Waals surface area contributed by atoms with Crippen molar-refractivity contribution in [3.8, 4) is 0 Å². The van der Waals surface area contributed by atoms with Crippen LogP contribution < -0.4 is 10.6 Å². The molecular formula is C25H22ClFN4O3. The summed E-state index contributed by atoms with van der Waals surface area (Å²) in [6, 6.07) is 16.6. The van der Waals surface area contributed by atoms with E-state index in [2.05, 4.69) is 15.6 Å². The molecule has 9 heteroatoms. The van der Waals surface area contributed by atoms with E-state index in [-0.39, 0.29) is 24.2 Å². The van der Waals surface area contributed by atoms with Crippen molar-refractivity contribution in [1.82, 2.24) is 14.9 Å². The Labute approximate surface area is 200 Å². The van der Waals surface area contributed by atoms with Crippen LogP contribution in [0.15, 0.2) is 67.0 Å². The van der Waals surface area contributed by atoms with Gasteiger partial charge in [0.1, 0.15) is 12.4 Å². The fraction of sp³-hybridized carbons (Fsp3) is 0.160. The van der Waals surface area contributed by atoms with Crippen LogP contribution in [0.2, 0.25) is 5.02 Å². The van der Waals surface area contributed by atoms with Gasteiger partial charge in [-0.25, -0.2) is 9.37 Å². The standard InChI is InChI=1S/C25H22ClFN4O3/c1-34-14-23(32)30-20-10-21(25(33)28-12-16-2-6-18(26)7-3-16)24-22(11-20)29-15-31(24)13-17-4-8-19(27)9-5-17/h2-11,15H,12-14H2,1H3,(H,28,33)(H,30,32). The van der Waals surface area contributed by atoms with Crippen LogP contribution in [-0.4, -0.2) is 35.1 Å². The van der Waals surface area contributed by atoms with E-state index in [4.69, 9.17) is 16.3 Å². The number of rotatable bonds is 8. The molecule has 0 aliphatic carbocycles. The minimum atomic E-state index is -0.347. The third-order valence-corrected chi connectivity index (χ3v) is 5.40. The molecule has 0 bridgehead atoms. The number of nitrogens with zero attached hydrogens (tertiary/aromatic N) is 2. The number of benzene rings is 3. The monoisotopic (exact) mass is 480 g/mol. The lowest BCUT2D eigenvalue weighted by Crippen LogP contribution is -2.24. The third-order valence-electron chi connectivity index (χ3n) is 5.15. The van der Waals surface area contributed by atoms with Crippen LogP contribution in [-0.2, 0) is 22.6 Å². The number of carbonyl (C=O) groups excluding carboxylic acids is 2. The van der Waals surface area contributed by atoms with Gasteiger partial charge in [-0.1, -0.05) is 35.9 Å². The van der Waals surface area contributed by atoms with E-state index in [1.165, 1.54) is 19.2 Å². The number of hydrogen-bond acceptors (Lipinski definition) is 4. The molecule has 0 fully saturated rings. The lowest BCUT2D eigenvalue weighted by Gasteiger charge is -2.13. The summed E-state index contributed by atoms with van der Waals surface area (Å²) in [6.07, 6.45) is 1.62. The molecule has 3 aromatic carbocycles. The molecule has 0 unspecified atom stereocenters. The summed E-state index contributed by atoms with van der Waals surface area (Å²) in [6.45, 7) is 0.572. The van der Waals surface area contributed by atoms with Crippen molar-refractivity contribution < 1.29 is 18.7 Å². The SMILES string of the molecule is COCC(=O)Nc1cc(C(=O)NCc2ccc(Cl)cc2)c2c(c1)ncn2Cc1ccc(F)cc1. The normalized spacial score (nSPS) is 10.9. The topological polar surface area (TPSA) is 85.2 Å². The van der Waals surface area contributed by atoms with E-state index >= 15 is 0 Å². The number of halogens is 2. The fourth-order valence-electron chi connectivity index (χ4n) is 3.57. The van der Waals surface area contributed by atoms with Gasteiger partial charge in [-0.05, 0) is 47.5 Å². The number of carbonyl (C=O) groups is 2. The van der Waals surface area contributed by atoms with Crippen molar-refractivity contribution in [3.63, 3.8) is 0 Å². The average molecular weight is 481 g/mol. The molecule has 0 saturated heterocycles. The summed E-state index contributed by atoms with van der Waals surface area (Å²) < 4.78 is 20.0. The van der Waals surface area contributed by atoms with E-state index in [1.54, 1.807) is 42.7 Å². The highest BCUT2D eigenvalue weighted by Crippen LogP contribution is 2.25. The van der Waals surface area contributed by atoms with Gasteiger partial charge in [-0.3, -0.25) is 9.59 Å². The van der Waals surface area contributed by atoms with Gasteiger partial charge in [0, 0.05) is 30.9 Å². The first-order chi connectivity index (χ1) is 16.4. The molecule has 0 spiro atoms. The molecule has 0 aliphatic rings. The summed E-state index contributed by atoms with van der Waals surface area (Å²) in [4.78, 5) is 29.7. The Hall–Kier alpha value is -3.75. The molecule has 2 N–H and O–H groups in total. The van der Waals surface area contributed by atoms with Crippen molar-refractivity contribution in [2.75, 3.05) is 19.0 Å². The number of fused-ring (bicyclic) bond motifs is 1. The lowest BCUT2D eigenvalue weighted by molar-refractivity contribution is -0.119. The Kier molecular flexibility index (Phi) is 7.20. The first-order valence-corrected chi connectivity index (χ1v) is 10.9. The largest absolute Gasteiger partial charge is 0.375 e. The summed E-state index contributed by atoms with van der Waals surface area (Å²) >= 11 is 5.94. The molecule has 34 heavy (non-hydrogen) atoms. The summed E-state index contributed by atoms with van der Waals surface area (Å²) in [5.74, 6) is -0.998. The molecule has 0 aliphatic heterocycles. The Morgan fingerprint density at radius 1 is 1.06 bits per heavy atom. The van der Waals surface area contributed by atoms with Gasteiger partial charge in [0.05, 0.1) is 22.9 Å². The fourth-order valence-corrected chi connectivity index (χ4v) is 3.69. The van der Waals surface area contributed by atoms with Crippen LogP contribution in [0.5, 0.6) is 0 Å². The van der Waals surface area contributed by atoms with Crippen molar-refractivity contribution >= 4 is 40.1 Å². The Morgan fingerprint density at radius 2 is 1.76 bits per heavy atom. The second-order valence-electron chi connectivity index (χ2n) is 7.68. The van der Waals surface area contributed by atoms with Crippen LogP contribution >= 0.6 is 11.6 Å². The number of ether oxygens (including phenoxy) is 1. The van der Waals surface area contributed by atoms with Gasteiger partial charge in [0.25, 0.3) is 5.91 Å².